The van der Waals surface area contributed by atoms with Gasteiger partial charge < -0.3 is 9.13 Å². The second-order valence-corrected chi connectivity index (χ2v) is 16.3. The van der Waals surface area contributed by atoms with Gasteiger partial charge in [0.1, 0.15) is 11.2 Å². The molecule has 0 radical (unpaired) electrons. The van der Waals surface area contributed by atoms with Gasteiger partial charge in [0.15, 0.2) is 0 Å². The highest BCUT2D eigenvalue weighted by Crippen LogP contribution is 2.60. The fraction of sp³-hybridized carbons (Fsp3) is 0.0179. The Kier molecular flexibility index (Phi) is 6.19. The Hall–Kier alpha value is -7.95. The van der Waals surface area contributed by atoms with Gasteiger partial charge in [-0.25, -0.2) is 4.98 Å². The lowest BCUT2D eigenvalue weighted by Gasteiger charge is -2.27. The molecular weight excluding hydrogens is 729 g/mol. The zero-order chi connectivity index (χ0) is 39.1. The van der Waals surface area contributed by atoms with Gasteiger partial charge in [-0.2, -0.15) is 0 Å². The van der Waals surface area contributed by atoms with Crippen molar-refractivity contribution in [3.8, 4) is 39.3 Å². The maximum Gasteiger partial charge on any atom is 0.134 e. The molecule has 0 atom stereocenters. The molecule has 2 aliphatic rings. The summed E-state index contributed by atoms with van der Waals surface area (Å²) in [5, 5.41) is 5.01. The van der Waals surface area contributed by atoms with E-state index >= 15 is 0 Å². The largest absolute Gasteiger partial charge is 0.309 e. The molecule has 0 bridgehead atoms. The Morgan fingerprint density at radius 2 is 0.817 bits per heavy atom. The van der Waals surface area contributed by atoms with E-state index in [9.17, 15) is 0 Å². The predicted molar refractivity (Wildman–Crippen MR) is 246 cm³/mol. The first-order valence-electron chi connectivity index (χ1n) is 20.7. The summed E-state index contributed by atoms with van der Waals surface area (Å²) in [6, 6.07) is 75.6. The van der Waals surface area contributed by atoms with Crippen molar-refractivity contribution in [1.82, 2.24) is 18.7 Å². The molecule has 0 amide bonds. The second kappa shape index (κ2) is 11.6. The van der Waals surface area contributed by atoms with Gasteiger partial charge in [0, 0.05) is 32.9 Å². The van der Waals surface area contributed by atoms with Crippen LogP contribution in [0.5, 0.6) is 0 Å². The fourth-order valence-corrected chi connectivity index (χ4v) is 11.0. The molecular formula is C56H34N4. The summed E-state index contributed by atoms with van der Waals surface area (Å²) in [5.74, 6) is 1.06. The zero-order valence-corrected chi connectivity index (χ0v) is 32.4. The number of rotatable bonds is 3. The van der Waals surface area contributed by atoms with Crippen molar-refractivity contribution in [2.45, 2.75) is 5.41 Å². The van der Waals surface area contributed by atoms with E-state index in [1.165, 1.54) is 88.2 Å². The molecule has 14 rings (SSSR count). The highest BCUT2D eigenvalue weighted by molar-refractivity contribution is 6.11. The fourth-order valence-electron chi connectivity index (χ4n) is 11.0. The minimum absolute atomic E-state index is 0.492. The van der Waals surface area contributed by atoms with E-state index in [-0.39, 0.29) is 0 Å². The second-order valence-electron chi connectivity index (χ2n) is 16.3. The summed E-state index contributed by atoms with van der Waals surface area (Å²) in [6.07, 6.45) is 0. The number of nitrogens with zero attached hydrogens (tertiary/aromatic N) is 4. The van der Waals surface area contributed by atoms with Gasteiger partial charge in [-0.15, -0.1) is 0 Å². The van der Waals surface area contributed by atoms with E-state index in [4.69, 9.17) is 4.98 Å². The lowest BCUT2D eigenvalue weighted by molar-refractivity contribution is 0.738. The first-order chi connectivity index (χ1) is 29.8. The summed E-state index contributed by atoms with van der Waals surface area (Å²) < 4.78 is 7.20. The van der Waals surface area contributed by atoms with Crippen molar-refractivity contribution in [1.29, 1.82) is 0 Å². The Morgan fingerprint density at radius 1 is 0.333 bits per heavy atom. The third-order valence-corrected chi connectivity index (χ3v) is 13.4. The third-order valence-electron chi connectivity index (χ3n) is 13.4. The Labute approximate surface area is 345 Å². The summed E-state index contributed by atoms with van der Waals surface area (Å²) >= 11 is 0. The van der Waals surface area contributed by atoms with Crippen molar-refractivity contribution < 1.29 is 0 Å². The molecule has 1 aliphatic heterocycles. The van der Waals surface area contributed by atoms with Crippen LogP contribution in [0.3, 0.4) is 0 Å². The van der Waals surface area contributed by atoms with Crippen molar-refractivity contribution in [3.63, 3.8) is 0 Å². The minimum atomic E-state index is -0.492. The summed E-state index contributed by atoms with van der Waals surface area (Å²) in [7, 11) is 0. The van der Waals surface area contributed by atoms with E-state index in [1.54, 1.807) is 0 Å². The number of hydrogen-bond acceptors (Lipinski definition) is 1. The van der Waals surface area contributed by atoms with Crippen LogP contribution in [0.15, 0.2) is 206 Å². The molecule has 1 aliphatic carbocycles. The molecule has 9 aromatic carbocycles. The summed E-state index contributed by atoms with van der Waals surface area (Å²) in [6.45, 7) is 0. The molecule has 278 valence electrons. The van der Waals surface area contributed by atoms with Crippen LogP contribution in [0, 0.1) is 0 Å². The summed E-state index contributed by atoms with van der Waals surface area (Å²) in [4.78, 5) is 5.63. The maximum absolute atomic E-state index is 5.63. The Bertz CT molecular complexity index is 3680. The average Bonchev–Trinajstić information content (AvgIpc) is 4.09. The molecule has 60 heavy (non-hydrogen) atoms. The van der Waals surface area contributed by atoms with Crippen LogP contribution < -0.4 is 0 Å². The van der Waals surface area contributed by atoms with Gasteiger partial charge >= 0.3 is 0 Å². The lowest BCUT2D eigenvalue weighted by atomic mass is 9.73. The van der Waals surface area contributed by atoms with Crippen LogP contribution in [0.4, 0.5) is 0 Å². The van der Waals surface area contributed by atoms with Crippen LogP contribution >= 0.6 is 0 Å². The van der Waals surface area contributed by atoms with Crippen molar-refractivity contribution in [2.75, 3.05) is 0 Å². The Balaban J connectivity index is 0.915. The van der Waals surface area contributed by atoms with Crippen LogP contribution in [0.25, 0.3) is 94.0 Å². The SMILES string of the molecule is c1ccc2c(c1)-c1ccccc1C21c2ccccc2-n2c1nc1cc(-n3c4ccccc4c4cc(-c5ccc(-n6c7ccccc7c7ccccc76)cc5)ccc43)ccc12. The third kappa shape index (κ3) is 3.97. The van der Waals surface area contributed by atoms with Crippen molar-refractivity contribution in [2.24, 2.45) is 0 Å². The van der Waals surface area contributed by atoms with Crippen molar-refractivity contribution >= 4 is 54.6 Å². The average molecular weight is 763 g/mol. The van der Waals surface area contributed by atoms with Gasteiger partial charge in [-0.3, -0.25) is 4.57 Å². The molecule has 0 N–H and O–H groups in total. The van der Waals surface area contributed by atoms with Gasteiger partial charge in [-0.1, -0.05) is 140 Å². The molecule has 4 heteroatoms. The van der Waals surface area contributed by atoms with Gasteiger partial charge in [0.25, 0.3) is 0 Å². The first-order valence-corrected chi connectivity index (χ1v) is 20.7. The molecule has 1 spiro atoms. The minimum Gasteiger partial charge on any atom is -0.309 e. The highest BCUT2D eigenvalue weighted by Gasteiger charge is 2.54. The number of fused-ring (bicyclic) bond motifs is 18. The monoisotopic (exact) mass is 762 g/mol. The number of para-hydroxylation sites is 4. The van der Waals surface area contributed by atoms with Gasteiger partial charge in [0.05, 0.1) is 38.8 Å². The van der Waals surface area contributed by atoms with Crippen molar-refractivity contribution in [3.05, 3.63) is 229 Å². The number of imidazole rings is 1. The molecule has 0 saturated heterocycles. The predicted octanol–water partition coefficient (Wildman–Crippen LogP) is 13.6. The lowest BCUT2D eigenvalue weighted by Crippen LogP contribution is -2.27. The van der Waals surface area contributed by atoms with Crippen LogP contribution in [0.2, 0.25) is 0 Å². The normalized spacial score (nSPS) is 13.5. The van der Waals surface area contributed by atoms with Crippen LogP contribution in [-0.4, -0.2) is 18.7 Å². The molecule has 0 saturated carbocycles. The van der Waals surface area contributed by atoms with E-state index in [2.05, 4.69) is 220 Å². The van der Waals surface area contributed by atoms with Gasteiger partial charge in [-0.05, 0) is 106 Å². The standard InChI is InChI=1S/C56H34N4/c1-6-18-45-39(13-1)40-14-2-7-19-46(40)56(45)47-20-8-12-24-53(47)60-54-32-30-38(34-48(54)57-55(56)60)59-51-23-11-5-17-43(51)44-33-36(27-31-52(44)59)35-25-28-37(29-26-35)58-49-21-9-3-15-41(49)42-16-4-10-22-50(42)58/h1-34H. The Morgan fingerprint density at radius 3 is 1.48 bits per heavy atom. The van der Waals surface area contributed by atoms with Gasteiger partial charge in [0.2, 0.25) is 0 Å². The number of aromatic nitrogens is 4. The number of benzene rings is 9. The maximum atomic E-state index is 5.63. The van der Waals surface area contributed by atoms with Crippen LogP contribution in [-0.2, 0) is 5.41 Å². The van der Waals surface area contributed by atoms with E-state index < -0.39 is 5.41 Å². The number of hydrogen-bond donors (Lipinski definition) is 0. The topological polar surface area (TPSA) is 27.7 Å². The van der Waals surface area contributed by atoms with Crippen LogP contribution in [0.1, 0.15) is 22.5 Å². The quantitative estimate of drug-likeness (QED) is 0.176. The summed E-state index contributed by atoms with van der Waals surface area (Å²) in [5.41, 5.74) is 18.7. The smallest absolute Gasteiger partial charge is 0.134 e. The molecule has 4 nitrogen and oxygen atoms in total. The van der Waals surface area contributed by atoms with E-state index in [0.717, 1.165) is 28.2 Å². The molecule has 0 fully saturated rings. The molecule has 3 aromatic heterocycles. The molecule has 4 heterocycles. The molecule has 0 unspecified atom stereocenters. The highest BCUT2D eigenvalue weighted by atomic mass is 15.1. The van der Waals surface area contributed by atoms with E-state index in [0.29, 0.717) is 0 Å². The zero-order valence-electron chi connectivity index (χ0n) is 32.4. The van der Waals surface area contributed by atoms with E-state index in [1.807, 2.05) is 0 Å². The molecule has 12 aromatic rings. The first kappa shape index (κ1) is 32.1.